The molecule has 0 amide bonds. The second kappa shape index (κ2) is 4.14. The maximum atomic E-state index is 10.6. The zero-order chi connectivity index (χ0) is 11.5. The van der Waals surface area contributed by atoms with Crippen LogP contribution >= 0.6 is 0 Å². The lowest BCUT2D eigenvalue weighted by Crippen LogP contribution is -1.98. The molecule has 2 rings (SSSR count). The van der Waals surface area contributed by atoms with E-state index >= 15 is 0 Å². The summed E-state index contributed by atoms with van der Waals surface area (Å²) in [5, 5.41) is 14.5. The van der Waals surface area contributed by atoms with Crippen LogP contribution in [0.3, 0.4) is 0 Å². The van der Waals surface area contributed by atoms with Gasteiger partial charge in [0, 0.05) is 24.1 Å². The number of aromatic nitrogens is 1. The van der Waals surface area contributed by atoms with Crippen LogP contribution in [0.25, 0.3) is 10.9 Å². The Hall–Kier alpha value is -2.17. The van der Waals surface area contributed by atoms with Crippen LogP contribution in [0.2, 0.25) is 0 Å². The largest absolute Gasteiger partial charge is 0.370 e. The van der Waals surface area contributed by atoms with E-state index < -0.39 is 4.92 Å². The summed E-state index contributed by atoms with van der Waals surface area (Å²) in [7, 11) is 0. The van der Waals surface area contributed by atoms with Gasteiger partial charge in [-0.2, -0.15) is 0 Å². The van der Waals surface area contributed by atoms with E-state index in [4.69, 9.17) is 0 Å². The van der Waals surface area contributed by atoms with Gasteiger partial charge in [0.25, 0.3) is 5.69 Å². The van der Waals surface area contributed by atoms with E-state index in [1.807, 2.05) is 19.1 Å². The maximum absolute atomic E-state index is 10.6. The van der Waals surface area contributed by atoms with E-state index in [1.54, 1.807) is 6.07 Å². The summed E-state index contributed by atoms with van der Waals surface area (Å²) in [6.07, 6.45) is 0. The number of pyridine rings is 1. The molecule has 1 aromatic carbocycles. The number of fused-ring (bicyclic) bond motifs is 1. The molecule has 0 aliphatic carbocycles. The SMILES string of the molecule is CCNc1ccc2cc([N+](=O)[O-])ccc2n1. The Balaban J connectivity index is 2.48. The lowest BCUT2D eigenvalue weighted by molar-refractivity contribution is -0.384. The van der Waals surface area contributed by atoms with Crippen molar-refractivity contribution >= 4 is 22.4 Å². The summed E-state index contributed by atoms with van der Waals surface area (Å²) in [6, 6.07) is 8.29. The molecule has 16 heavy (non-hydrogen) atoms. The first kappa shape index (κ1) is 10.4. The molecule has 0 saturated heterocycles. The Bertz CT molecular complexity index is 540. The third-order valence-corrected chi connectivity index (χ3v) is 2.24. The van der Waals surface area contributed by atoms with Crippen molar-refractivity contribution in [2.45, 2.75) is 6.92 Å². The molecular formula is C11H11N3O2. The number of anilines is 1. The van der Waals surface area contributed by atoms with Gasteiger partial charge in [0.15, 0.2) is 0 Å². The molecule has 1 aromatic heterocycles. The van der Waals surface area contributed by atoms with Gasteiger partial charge >= 0.3 is 0 Å². The van der Waals surface area contributed by atoms with E-state index in [-0.39, 0.29) is 5.69 Å². The first-order valence-electron chi connectivity index (χ1n) is 5.00. The number of benzene rings is 1. The first-order chi connectivity index (χ1) is 7.70. The second-order valence-corrected chi connectivity index (χ2v) is 3.36. The number of nitro benzene ring substituents is 1. The van der Waals surface area contributed by atoms with Crippen LogP contribution in [0.15, 0.2) is 30.3 Å². The van der Waals surface area contributed by atoms with Crippen molar-refractivity contribution in [3.63, 3.8) is 0 Å². The fraction of sp³-hybridized carbons (Fsp3) is 0.182. The maximum Gasteiger partial charge on any atom is 0.270 e. The Morgan fingerprint density at radius 2 is 2.19 bits per heavy atom. The summed E-state index contributed by atoms with van der Waals surface area (Å²) in [5.74, 6) is 0.781. The average Bonchev–Trinajstić information content (AvgIpc) is 2.28. The predicted molar refractivity (Wildman–Crippen MR) is 62.6 cm³/mol. The number of nitro groups is 1. The smallest absolute Gasteiger partial charge is 0.270 e. The molecule has 5 heteroatoms. The lowest BCUT2D eigenvalue weighted by atomic mass is 10.2. The molecule has 0 saturated carbocycles. The van der Waals surface area contributed by atoms with Gasteiger partial charge in [-0.25, -0.2) is 4.98 Å². The van der Waals surface area contributed by atoms with Crippen molar-refractivity contribution < 1.29 is 4.92 Å². The van der Waals surface area contributed by atoms with Gasteiger partial charge in [0.2, 0.25) is 0 Å². The minimum atomic E-state index is -0.405. The number of nitrogens with zero attached hydrogens (tertiary/aromatic N) is 2. The molecule has 0 fully saturated rings. The van der Waals surface area contributed by atoms with Gasteiger partial charge in [-0.1, -0.05) is 0 Å². The molecule has 82 valence electrons. The van der Waals surface area contributed by atoms with Gasteiger partial charge < -0.3 is 5.32 Å². The van der Waals surface area contributed by atoms with Crippen LogP contribution in [0.5, 0.6) is 0 Å². The summed E-state index contributed by atoms with van der Waals surface area (Å²) >= 11 is 0. The van der Waals surface area contributed by atoms with Crippen molar-refractivity contribution in [3.8, 4) is 0 Å². The summed E-state index contributed by atoms with van der Waals surface area (Å²) in [6.45, 7) is 2.78. The summed E-state index contributed by atoms with van der Waals surface area (Å²) in [5.41, 5.74) is 0.842. The number of non-ortho nitro benzene ring substituents is 1. The van der Waals surface area contributed by atoms with Crippen LogP contribution < -0.4 is 5.32 Å². The quantitative estimate of drug-likeness (QED) is 0.633. The highest BCUT2D eigenvalue weighted by Crippen LogP contribution is 2.20. The fourth-order valence-corrected chi connectivity index (χ4v) is 1.51. The van der Waals surface area contributed by atoms with E-state index in [1.165, 1.54) is 12.1 Å². The molecule has 2 aromatic rings. The normalized spacial score (nSPS) is 10.3. The summed E-state index contributed by atoms with van der Waals surface area (Å²) < 4.78 is 0. The zero-order valence-corrected chi connectivity index (χ0v) is 8.80. The van der Waals surface area contributed by atoms with E-state index in [0.717, 1.165) is 23.3 Å². The molecule has 0 aliphatic heterocycles. The van der Waals surface area contributed by atoms with Crippen molar-refractivity contribution in [2.75, 3.05) is 11.9 Å². The molecule has 0 spiro atoms. The molecule has 1 N–H and O–H groups in total. The Morgan fingerprint density at radius 1 is 1.38 bits per heavy atom. The standard InChI is InChI=1S/C11H11N3O2/c1-2-12-11-6-3-8-7-9(14(15)16)4-5-10(8)13-11/h3-7H,2H2,1H3,(H,12,13). The van der Waals surface area contributed by atoms with E-state index in [9.17, 15) is 10.1 Å². The molecule has 0 bridgehead atoms. The molecule has 0 radical (unpaired) electrons. The van der Waals surface area contributed by atoms with Crippen molar-refractivity contribution in [1.29, 1.82) is 0 Å². The van der Waals surface area contributed by atoms with Crippen LogP contribution in [-0.2, 0) is 0 Å². The highest BCUT2D eigenvalue weighted by molar-refractivity contribution is 5.82. The topological polar surface area (TPSA) is 68.1 Å². The van der Waals surface area contributed by atoms with Crippen molar-refractivity contribution in [2.24, 2.45) is 0 Å². The third kappa shape index (κ3) is 1.93. The van der Waals surface area contributed by atoms with Gasteiger partial charge in [-0.05, 0) is 25.1 Å². The number of hydrogen-bond donors (Lipinski definition) is 1. The van der Waals surface area contributed by atoms with Crippen molar-refractivity contribution in [3.05, 3.63) is 40.4 Å². The van der Waals surface area contributed by atoms with Gasteiger partial charge in [0.1, 0.15) is 5.82 Å². The molecule has 0 atom stereocenters. The second-order valence-electron chi connectivity index (χ2n) is 3.36. The van der Waals surface area contributed by atoms with Crippen LogP contribution in [-0.4, -0.2) is 16.5 Å². The molecule has 0 unspecified atom stereocenters. The highest BCUT2D eigenvalue weighted by Gasteiger charge is 2.06. The fourth-order valence-electron chi connectivity index (χ4n) is 1.51. The Morgan fingerprint density at radius 3 is 2.88 bits per heavy atom. The van der Waals surface area contributed by atoms with Crippen LogP contribution in [0, 0.1) is 10.1 Å². The molecule has 1 heterocycles. The predicted octanol–water partition coefficient (Wildman–Crippen LogP) is 2.57. The van der Waals surface area contributed by atoms with Gasteiger partial charge in [0.05, 0.1) is 10.4 Å². The Labute approximate surface area is 92.3 Å². The number of nitrogens with one attached hydrogen (secondary N) is 1. The van der Waals surface area contributed by atoms with Crippen LogP contribution in [0.4, 0.5) is 11.5 Å². The minimum absolute atomic E-state index is 0.0884. The summed E-state index contributed by atoms with van der Waals surface area (Å²) in [4.78, 5) is 14.5. The molecule has 5 nitrogen and oxygen atoms in total. The number of rotatable bonds is 3. The van der Waals surface area contributed by atoms with Gasteiger partial charge in [-0.15, -0.1) is 0 Å². The Kier molecular flexibility index (Phi) is 2.68. The van der Waals surface area contributed by atoms with E-state index in [0.29, 0.717) is 0 Å². The average molecular weight is 217 g/mol. The zero-order valence-electron chi connectivity index (χ0n) is 8.80. The molecular weight excluding hydrogens is 206 g/mol. The van der Waals surface area contributed by atoms with E-state index in [2.05, 4.69) is 10.3 Å². The highest BCUT2D eigenvalue weighted by atomic mass is 16.6. The monoisotopic (exact) mass is 217 g/mol. The van der Waals surface area contributed by atoms with Crippen molar-refractivity contribution in [1.82, 2.24) is 4.98 Å². The number of hydrogen-bond acceptors (Lipinski definition) is 4. The first-order valence-corrected chi connectivity index (χ1v) is 5.00. The molecule has 0 aliphatic rings. The lowest BCUT2D eigenvalue weighted by Gasteiger charge is -2.03. The van der Waals surface area contributed by atoms with Crippen LogP contribution in [0.1, 0.15) is 6.92 Å². The van der Waals surface area contributed by atoms with Gasteiger partial charge in [-0.3, -0.25) is 10.1 Å². The minimum Gasteiger partial charge on any atom is -0.370 e. The third-order valence-electron chi connectivity index (χ3n) is 2.24.